The van der Waals surface area contributed by atoms with Gasteiger partial charge in [-0.25, -0.2) is 21.6 Å². The smallest absolute Gasteiger partial charge is 0.242 e. The van der Waals surface area contributed by atoms with Gasteiger partial charge in [0, 0.05) is 12.3 Å². The topological polar surface area (TPSA) is 106 Å². The quantitative estimate of drug-likeness (QED) is 0.717. The maximum atomic E-state index is 11.8. The second kappa shape index (κ2) is 5.68. The number of nitrogens with one attached hydrogen (secondary N) is 1. The number of nitrogen functional groups attached to an aromatic ring is 1. The average Bonchev–Trinajstić information content (AvgIpc) is 2.29. The summed E-state index contributed by atoms with van der Waals surface area (Å²) in [4.78, 5) is -0.0427. The molecule has 0 radical (unpaired) electrons. The molecule has 0 aliphatic rings. The van der Waals surface area contributed by atoms with E-state index in [2.05, 4.69) is 4.72 Å². The van der Waals surface area contributed by atoms with Crippen molar-refractivity contribution >= 4 is 25.5 Å². The van der Waals surface area contributed by atoms with E-state index >= 15 is 0 Å². The van der Waals surface area contributed by atoms with Crippen LogP contribution in [0.4, 0.5) is 5.69 Å². The van der Waals surface area contributed by atoms with Crippen LogP contribution < -0.4 is 10.5 Å². The number of nitrogens with two attached hydrogens (primary N) is 1. The molecule has 0 bridgehead atoms. The van der Waals surface area contributed by atoms with Gasteiger partial charge < -0.3 is 5.73 Å². The molecule has 0 fully saturated rings. The van der Waals surface area contributed by atoms with Crippen molar-refractivity contribution in [2.75, 3.05) is 23.8 Å². The number of sulfone groups is 1. The molecule has 3 N–H and O–H groups in total. The van der Waals surface area contributed by atoms with E-state index in [1.807, 2.05) is 0 Å². The van der Waals surface area contributed by atoms with E-state index in [0.29, 0.717) is 0 Å². The molecule has 0 aromatic heterocycles. The van der Waals surface area contributed by atoms with E-state index in [4.69, 9.17) is 5.73 Å². The zero-order valence-electron chi connectivity index (χ0n) is 9.96. The highest BCUT2D eigenvalue weighted by molar-refractivity contribution is 7.91. The highest BCUT2D eigenvalue weighted by Gasteiger charge is 2.17. The predicted octanol–water partition coefficient (Wildman–Crippen LogP) is -0.0182. The number of rotatable bonds is 6. The van der Waals surface area contributed by atoms with Crippen molar-refractivity contribution in [3.05, 3.63) is 24.3 Å². The Morgan fingerprint density at radius 2 is 1.78 bits per heavy atom. The summed E-state index contributed by atoms with van der Waals surface area (Å²) in [5, 5.41) is 0. The lowest BCUT2D eigenvalue weighted by atomic mass is 10.3. The van der Waals surface area contributed by atoms with Gasteiger partial charge in [0.1, 0.15) is 4.90 Å². The molecule has 1 rings (SSSR count). The van der Waals surface area contributed by atoms with Crippen LogP contribution in [0, 0.1) is 0 Å². The minimum absolute atomic E-state index is 0.0117. The Labute approximate surface area is 107 Å². The summed E-state index contributed by atoms with van der Waals surface area (Å²) in [7, 11) is -6.95. The second-order valence-electron chi connectivity index (χ2n) is 3.67. The highest BCUT2D eigenvalue weighted by Crippen LogP contribution is 2.16. The zero-order valence-corrected chi connectivity index (χ0v) is 11.6. The second-order valence-corrected chi connectivity index (χ2v) is 7.88. The third-order valence-electron chi connectivity index (χ3n) is 2.35. The monoisotopic (exact) mass is 292 g/mol. The van der Waals surface area contributed by atoms with Gasteiger partial charge in [-0.05, 0) is 12.1 Å². The molecule has 1 aromatic rings. The van der Waals surface area contributed by atoms with Crippen molar-refractivity contribution in [3.63, 3.8) is 0 Å². The van der Waals surface area contributed by atoms with E-state index in [1.54, 1.807) is 12.1 Å². The molecule has 0 heterocycles. The first-order chi connectivity index (χ1) is 8.28. The summed E-state index contributed by atoms with van der Waals surface area (Å²) in [5.74, 6) is -0.238. The minimum atomic E-state index is -3.76. The first kappa shape index (κ1) is 14.9. The van der Waals surface area contributed by atoms with Crippen molar-refractivity contribution in [1.29, 1.82) is 0 Å². The lowest BCUT2D eigenvalue weighted by Gasteiger charge is -2.08. The van der Waals surface area contributed by atoms with E-state index in [0.717, 1.165) is 0 Å². The fourth-order valence-electron chi connectivity index (χ4n) is 1.28. The van der Waals surface area contributed by atoms with Crippen LogP contribution >= 0.6 is 0 Å². The Morgan fingerprint density at radius 3 is 2.33 bits per heavy atom. The molecule has 0 aliphatic carbocycles. The number of anilines is 1. The van der Waals surface area contributed by atoms with Crippen molar-refractivity contribution in [2.24, 2.45) is 0 Å². The van der Waals surface area contributed by atoms with E-state index in [-0.39, 0.29) is 28.6 Å². The molecule has 18 heavy (non-hydrogen) atoms. The number of benzene rings is 1. The van der Waals surface area contributed by atoms with E-state index < -0.39 is 19.9 Å². The largest absolute Gasteiger partial charge is 0.398 e. The molecule has 8 heteroatoms. The molecule has 6 nitrogen and oxygen atoms in total. The van der Waals surface area contributed by atoms with Gasteiger partial charge in [0.25, 0.3) is 0 Å². The van der Waals surface area contributed by atoms with Gasteiger partial charge in [-0.15, -0.1) is 0 Å². The van der Waals surface area contributed by atoms with Crippen LogP contribution in [0.2, 0.25) is 0 Å². The number of hydrogen-bond acceptors (Lipinski definition) is 5. The summed E-state index contributed by atoms with van der Waals surface area (Å²) in [6.45, 7) is 1.35. The SMILES string of the molecule is CCS(=O)(=O)CCNS(=O)(=O)c1ccccc1N. The van der Waals surface area contributed by atoms with Crippen molar-refractivity contribution in [1.82, 2.24) is 4.72 Å². The van der Waals surface area contributed by atoms with Gasteiger partial charge in [-0.3, -0.25) is 0 Å². The number of para-hydroxylation sites is 1. The fourth-order valence-corrected chi connectivity index (χ4v) is 3.27. The molecular formula is C10H16N2O4S2. The van der Waals surface area contributed by atoms with Crippen LogP contribution in [0.5, 0.6) is 0 Å². The van der Waals surface area contributed by atoms with Gasteiger partial charge >= 0.3 is 0 Å². The molecule has 1 aromatic carbocycles. The maximum absolute atomic E-state index is 11.8. The van der Waals surface area contributed by atoms with E-state index in [9.17, 15) is 16.8 Å². The predicted molar refractivity (Wildman–Crippen MR) is 70.4 cm³/mol. The van der Waals surface area contributed by atoms with Gasteiger partial charge in [0.15, 0.2) is 9.84 Å². The van der Waals surface area contributed by atoms with Crippen molar-refractivity contribution in [2.45, 2.75) is 11.8 Å². The fraction of sp³-hybridized carbons (Fsp3) is 0.400. The summed E-state index contributed by atoms with van der Waals surface area (Å²) in [6.07, 6.45) is 0. The van der Waals surface area contributed by atoms with Crippen LogP contribution in [0.1, 0.15) is 6.92 Å². The molecule has 0 aliphatic heterocycles. The van der Waals surface area contributed by atoms with Crippen LogP contribution in [0.15, 0.2) is 29.2 Å². The molecule has 0 saturated heterocycles. The normalized spacial score (nSPS) is 12.5. The molecule has 0 atom stereocenters. The molecule has 0 amide bonds. The standard InChI is InChI=1S/C10H16N2O4S2/c1-2-17(13,14)8-7-12-18(15,16)10-6-4-3-5-9(10)11/h3-6,12H,2,7-8,11H2,1H3. The number of hydrogen-bond donors (Lipinski definition) is 2. The minimum Gasteiger partial charge on any atom is -0.398 e. The summed E-state index contributed by atoms with van der Waals surface area (Å²) < 4.78 is 48.4. The maximum Gasteiger partial charge on any atom is 0.242 e. The Kier molecular flexibility index (Phi) is 4.71. The number of sulfonamides is 1. The van der Waals surface area contributed by atoms with Crippen LogP contribution in [0.25, 0.3) is 0 Å². The van der Waals surface area contributed by atoms with Gasteiger partial charge in [0.2, 0.25) is 10.0 Å². The Hall–Kier alpha value is -1.12. The zero-order chi connectivity index (χ0) is 13.8. The first-order valence-electron chi connectivity index (χ1n) is 5.33. The third-order valence-corrected chi connectivity index (χ3v) is 5.59. The van der Waals surface area contributed by atoms with Crippen LogP contribution in [-0.4, -0.2) is 34.9 Å². The van der Waals surface area contributed by atoms with Crippen molar-refractivity contribution in [3.8, 4) is 0 Å². The lowest BCUT2D eigenvalue weighted by Crippen LogP contribution is -2.30. The average molecular weight is 292 g/mol. The molecular weight excluding hydrogens is 276 g/mol. The summed E-state index contributed by atoms with van der Waals surface area (Å²) in [5.41, 5.74) is 5.68. The first-order valence-corrected chi connectivity index (χ1v) is 8.63. The molecule has 102 valence electrons. The Morgan fingerprint density at radius 1 is 1.17 bits per heavy atom. The van der Waals surface area contributed by atoms with Crippen LogP contribution in [-0.2, 0) is 19.9 Å². The van der Waals surface area contributed by atoms with E-state index in [1.165, 1.54) is 19.1 Å². The van der Waals surface area contributed by atoms with Crippen LogP contribution in [0.3, 0.4) is 0 Å². The third kappa shape index (κ3) is 3.97. The van der Waals surface area contributed by atoms with Crippen molar-refractivity contribution < 1.29 is 16.8 Å². The highest BCUT2D eigenvalue weighted by atomic mass is 32.2. The molecule has 0 unspecified atom stereocenters. The summed E-state index contributed by atoms with van der Waals surface area (Å²) >= 11 is 0. The lowest BCUT2D eigenvalue weighted by molar-refractivity contribution is 0.581. The van der Waals surface area contributed by atoms with Gasteiger partial charge in [-0.1, -0.05) is 19.1 Å². The molecule has 0 saturated carbocycles. The summed E-state index contributed by atoms with van der Waals surface area (Å²) in [6, 6.07) is 6.01. The Bertz CT molecular complexity index is 609. The molecule has 0 spiro atoms. The van der Waals surface area contributed by atoms with Gasteiger partial charge in [0.05, 0.1) is 11.4 Å². The van der Waals surface area contributed by atoms with Gasteiger partial charge in [-0.2, -0.15) is 0 Å². The Balaban J connectivity index is 2.76.